The molecule has 0 spiro atoms. The maximum absolute atomic E-state index is 13.8. The normalized spacial score (nSPS) is 22.5. The van der Waals surface area contributed by atoms with Crippen LogP contribution in [-0.2, 0) is 28.8 Å². The molecule has 2 amide bonds. The maximum Gasteiger partial charge on any atom is 0.353 e. The van der Waals surface area contributed by atoms with E-state index in [4.69, 9.17) is 15.3 Å². The van der Waals surface area contributed by atoms with Crippen molar-refractivity contribution >= 4 is 57.7 Å². The largest absolute Gasteiger partial charge is 0.481 e. The summed E-state index contributed by atoms with van der Waals surface area (Å²) in [6, 6.07) is 18.2. The number of nitrogen functional groups attached to an aromatic ring is 1. The first-order chi connectivity index (χ1) is 23.1. The van der Waals surface area contributed by atoms with E-state index in [-0.39, 0.29) is 23.1 Å². The molecule has 2 aliphatic heterocycles. The number of aliphatic carboxylic acids is 1. The molecular formula is C35H39N5O7S2. The third kappa shape index (κ3) is 7.20. The minimum atomic E-state index is -1.58. The molecule has 4 atom stereocenters. The fraction of sp³-hybridized carbons (Fsp3) is 0.371. The van der Waals surface area contributed by atoms with Crippen molar-refractivity contribution in [2.24, 2.45) is 10.6 Å². The van der Waals surface area contributed by atoms with E-state index in [0.717, 1.165) is 22.5 Å². The van der Waals surface area contributed by atoms with Crippen molar-refractivity contribution in [3.8, 4) is 0 Å². The van der Waals surface area contributed by atoms with Gasteiger partial charge in [0.2, 0.25) is 11.5 Å². The molecule has 3 unspecified atom stereocenters. The van der Waals surface area contributed by atoms with E-state index in [9.17, 15) is 24.3 Å². The number of hydrogen-bond acceptors (Lipinski definition) is 11. The van der Waals surface area contributed by atoms with E-state index in [2.05, 4.69) is 22.0 Å². The number of esters is 1. The molecule has 1 aromatic heterocycles. The first kappa shape index (κ1) is 35.6. The minimum absolute atomic E-state index is 0.0857. The van der Waals surface area contributed by atoms with Crippen LogP contribution in [0.4, 0.5) is 5.13 Å². The lowest BCUT2D eigenvalue weighted by Crippen LogP contribution is -2.75. The molecule has 2 aliphatic rings. The number of carbonyl (C=O) groups is 4. The van der Waals surface area contributed by atoms with Crippen LogP contribution in [0.2, 0.25) is 0 Å². The number of carboxylic acid groups (broad SMARTS) is 1. The zero-order valence-corrected chi connectivity index (χ0v) is 29.4. The molecule has 5 rings (SSSR count). The molecule has 0 bridgehead atoms. The van der Waals surface area contributed by atoms with Gasteiger partial charge < -0.3 is 30.6 Å². The lowest BCUT2D eigenvalue weighted by Gasteiger charge is -2.57. The lowest BCUT2D eigenvalue weighted by atomic mass is 9.72. The Hall–Kier alpha value is -4.69. The second kappa shape index (κ2) is 13.7. The van der Waals surface area contributed by atoms with Gasteiger partial charge in [-0.15, -0.1) is 29.7 Å². The summed E-state index contributed by atoms with van der Waals surface area (Å²) in [5.74, 6) is -3.45. The van der Waals surface area contributed by atoms with Crippen LogP contribution >= 0.6 is 23.1 Å². The monoisotopic (exact) mass is 705 g/mol. The molecule has 258 valence electrons. The number of anilines is 1. The van der Waals surface area contributed by atoms with Crippen molar-refractivity contribution in [1.29, 1.82) is 0 Å². The van der Waals surface area contributed by atoms with Crippen molar-refractivity contribution in [3.05, 3.63) is 95.5 Å². The average molecular weight is 706 g/mol. The van der Waals surface area contributed by atoms with Crippen LogP contribution in [0.1, 0.15) is 57.4 Å². The summed E-state index contributed by atoms with van der Waals surface area (Å²) in [6.07, 6.45) is 1.42. The van der Waals surface area contributed by atoms with E-state index in [1.54, 1.807) is 20.8 Å². The molecule has 2 fully saturated rings. The first-order valence-electron chi connectivity index (χ1n) is 15.5. The van der Waals surface area contributed by atoms with Gasteiger partial charge in [0.1, 0.15) is 28.1 Å². The van der Waals surface area contributed by atoms with E-state index >= 15 is 0 Å². The van der Waals surface area contributed by atoms with Crippen molar-refractivity contribution in [3.63, 3.8) is 0 Å². The van der Waals surface area contributed by atoms with Crippen LogP contribution in [0.15, 0.2) is 83.9 Å². The molecule has 0 aliphatic carbocycles. The number of aromatic nitrogens is 1. The summed E-state index contributed by atoms with van der Waals surface area (Å²) in [5, 5.41) is 17.9. The van der Waals surface area contributed by atoms with Crippen molar-refractivity contribution in [2.45, 2.75) is 68.4 Å². The highest BCUT2D eigenvalue weighted by atomic mass is 32.2. The number of nitrogens with zero attached hydrogens (tertiary/aromatic N) is 3. The van der Waals surface area contributed by atoms with Crippen LogP contribution < -0.4 is 11.1 Å². The van der Waals surface area contributed by atoms with Crippen molar-refractivity contribution in [2.75, 3.05) is 12.3 Å². The molecule has 3 heterocycles. The molecule has 2 aromatic carbocycles. The number of hydrogen-bond donors (Lipinski definition) is 3. The highest BCUT2D eigenvalue weighted by Gasteiger charge is 2.62. The second-order valence-electron chi connectivity index (χ2n) is 13.3. The van der Waals surface area contributed by atoms with Gasteiger partial charge in [-0.3, -0.25) is 14.4 Å². The number of carboxylic acids is 1. The number of amides is 2. The number of nitrogens with one attached hydrogen (secondary N) is 1. The summed E-state index contributed by atoms with van der Waals surface area (Å²) in [5.41, 5.74) is 3.57. The predicted octanol–water partition coefficient (Wildman–Crippen LogP) is 4.42. The topological polar surface area (TPSA) is 174 Å². The molecule has 3 aromatic rings. The Morgan fingerprint density at radius 2 is 1.69 bits per heavy atom. The number of thioether (sulfide) groups is 1. The summed E-state index contributed by atoms with van der Waals surface area (Å²) in [6.45, 7) is 11.8. The Morgan fingerprint density at radius 3 is 2.18 bits per heavy atom. The number of thiazole rings is 1. The predicted molar refractivity (Wildman–Crippen MR) is 188 cm³/mol. The van der Waals surface area contributed by atoms with Crippen LogP contribution in [-0.4, -0.2) is 78.9 Å². The average Bonchev–Trinajstić information content (AvgIpc) is 3.49. The molecule has 49 heavy (non-hydrogen) atoms. The van der Waals surface area contributed by atoms with Crippen molar-refractivity contribution < 1.29 is 33.9 Å². The zero-order valence-electron chi connectivity index (χ0n) is 27.8. The van der Waals surface area contributed by atoms with E-state index < -0.39 is 63.0 Å². The minimum Gasteiger partial charge on any atom is -0.481 e. The van der Waals surface area contributed by atoms with Gasteiger partial charge >= 0.3 is 11.9 Å². The summed E-state index contributed by atoms with van der Waals surface area (Å²) >= 11 is 2.38. The number of oxime groups is 1. The van der Waals surface area contributed by atoms with E-state index in [1.165, 1.54) is 42.0 Å². The van der Waals surface area contributed by atoms with Gasteiger partial charge in [-0.05, 0) is 45.7 Å². The van der Waals surface area contributed by atoms with Gasteiger partial charge in [-0.25, -0.2) is 9.78 Å². The van der Waals surface area contributed by atoms with Crippen molar-refractivity contribution in [1.82, 2.24) is 15.2 Å². The van der Waals surface area contributed by atoms with Gasteiger partial charge in [0.05, 0.1) is 0 Å². The highest BCUT2D eigenvalue weighted by molar-refractivity contribution is 8.00. The molecular weight excluding hydrogens is 667 g/mol. The number of nitrogens with two attached hydrogens (primary N) is 1. The number of rotatable bonds is 11. The number of fused-ring (bicyclic) bond motifs is 1. The van der Waals surface area contributed by atoms with Crippen LogP contribution in [0.25, 0.3) is 0 Å². The Morgan fingerprint density at radius 1 is 1.10 bits per heavy atom. The highest BCUT2D eigenvalue weighted by Crippen LogP contribution is 2.54. The smallest absolute Gasteiger partial charge is 0.353 e. The fourth-order valence-electron chi connectivity index (χ4n) is 5.72. The molecule has 14 heteroatoms. The summed E-state index contributed by atoms with van der Waals surface area (Å²) < 4.78 is 5.44. The Labute approximate surface area is 292 Å². The molecule has 0 radical (unpaired) electrons. The Bertz CT molecular complexity index is 1730. The number of ether oxygens (including phenoxy) is 1. The van der Waals surface area contributed by atoms with E-state index in [0.29, 0.717) is 0 Å². The fourth-order valence-corrected chi connectivity index (χ4v) is 8.23. The van der Waals surface area contributed by atoms with Gasteiger partial charge in [-0.2, -0.15) is 0 Å². The Balaban J connectivity index is 1.46. The molecule has 0 saturated carbocycles. The Kier molecular flexibility index (Phi) is 9.94. The van der Waals surface area contributed by atoms with Gasteiger partial charge in [-0.1, -0.05) is 71.9 Å². The van der Waals surface area contributed by atoms with Crippen LogP contribution in [0.3, 0.4) is 0 Å². The number of benzene rings is 2. The van der Waals surface area contributed by atoms with Crippen LogP contribution in [0.5, 0.6) is 0 Å². The third-order valence-electron chi connectivity index (χ3n) is 8.27. The van der Waals surface area contributed by atoms with Crippen LogP contribution in [0, 0.1) is 5.41 Å². The lowest BCUT2D eigenvalue weighted by molar-refractivity contribution is -0.179. The first-order valence-corrected chi connectivity index (χ1v) is 17.3. The maximum atomic E-state index is 13.8. The standard InChI is InChI=1S/C35H39N5O7S2/c1-7-35(30(43)44)19-40-28(42)25(29(40)49-26(35)23(20-14-10-8-11-15-20)21-16-12-9-13-17-21)38-27(41)24(22-18-48-32(36)37-22)39-47-34(5,6)31(45)46-33(2,3)4/h7-18,23,25-26,29H,1,19H2,2-6H3,(H2,36,37)(H,38,41)(H,43,44)/t25?,26?,29-,35?/m1/s1. The second-order valence-corrected chi connectivity index (χ2v) is 15.5. The number of carbonyl (C=O) groups excluding carboxylic acids is 3. The quantitative estimate of drug-likeness (QED) is 0.0852. The van der Waals surface area contributed by atoms with Gasteiger partial charge in [0.15, 0.2) is 10.8 Å². The third-order valence-corrected chi connectivity index (χ3v) is 10.7. The number of β-lactam (4-membered cyclic amide) rings is 1. The summed E-state index contributed by atoms with van der Waals surface area (Å²) in [4.78, 5) is 64.5. The summed E-state index contributed by atoms with van der Waals surface area (Å²) in [7, 11) is 0. The zero-order chi connectivity index (χ0) is 35.7. The van der Waals surface area contributed by atoms with Gasteiger partial charge in [0.25, 0.3) is 5.91 Å². The molecule has 2 saturated heterocycles. The molecule has 4 N–H and O–H groups in total. The molecule has 12 nitrogen and oxygen atoms in total. The SMILES string of the molecule is C=CC1(C(=O)O)CN2C(=O)C(NC(=O)C(=NOC(C)(C)C(=O)OC(C)(C)C)c3csc(N)n3)[C@H]2SC1C(c1ccccc1)c1ccccc1. The van der Waals surface area contributed by atoms with Gasteiger partial charge in [0, 0.05) is 23.1 Å². The van der Waals surface area contributed by atoms with E-state index in [1.807, 2.05) is 60.7 Å².